The van der Waals surface area contributed by atoms with Crippen LogP contribution in [-0.4, -0.2) is 17.2 Å². The number of rotatable bonds is 5. The zero-order chi connectivity index (χ0) is 16.2. The fourth-order valence-electron chi connectivity index (χ4n) is 2.63. The van der Waals surface area contributed by atoms with Crippen molar-refractivity contribution in [1.29, 1.82) is 0 Å². The molecule has 2 aromatic rings. The van der Waals surface area contributed by atoms with Gasteiger partial charge in [-0.1, -0.05) is 6.07 Å². The van der Waals surface area contributed by atoms with Gasteiger partial charge in [-0.15, -0.1) is 0 Å². The van der Waals surface area contributed by atoms with Gasteiger partial charge in [0.2, 0.25) is 0 Å². The number of carbonyl (C=O) groups is 1. The molecule has 0 spiro atoms. The lowest BCUT2D eigenvalue weighted by atomic mass is 10.1. The molecule has 0 bridgehead atoms. The topological polar surface area (TPSA) is 83.7 Å². The first kappa shape index (κ1) is 15.6. The number of benzene rings is 1. The number of anilines is 1. The Morgan fingerprint density at radius 1 is 1.30 bits per heavy atom. The maximum absolute atomic E-state index is 12.0. The van der Waals surface area contributed by atoms with Gasteiger partial charge in [-0.2, -0.15) is 0 Å². The highest BCUT2D eigenvalue weighted by molar-refractivity contribution is 5.89. The van der Waals surface area contributed by atoms with Crippen LogP contribution < -0.4 is 10.6 Å². The molecule has 3 rings (SSSR count). The van der Waals surface area contributed by atoms with Crippen molar-refractivity contribution in [1.82, 2.24) is 5.32 Å². The van der Waals surface area contributed by atoms with E-state index in [0.29, 0.717) is 25.4 Å². The fourth-order valence-corrected chi connectivity index (χ4v) is 2.63. The van der Waals surface area contributed by atoms with Crippen molar-refractivity contribution in [3.63, 3.8) is 0 Å². The summed E-state index contributed by atoms with van der Waals surface area (Å²) >= 11 is 0. The maximum atomic E-state index is 12.0. The van der Waals surface area contributed by atoms with E-state index in [1.807, 2.05) is 25.1 Å². The van der Waals surface area contributed by atoms with E-state index in [4.69, 9.17) is 9.15 Å². The standard InChI is InChI=1S/C17H20N2O4/c1-11(7-15(20)16-3-2-6-23-16)18-17(21)19-14-5-4-12-9-22-10-13(12)8-14/h2-6,8,11,15,20H,7,9-10H2,1H3,(H2,18,19,21). The normalized spacial score (nSPS) is 15.7. The summed E-state index contributed by atoms with van der Waals surface area (Å²) in [6, 6.07) is 8.67. The number of amides is 2. The Balaban J connectivity index is 1.50. The zero-order valence-corrected chi connectivity index (χ0v) is 12.9. The number of hydrogen-bond acceptors (Lipinski definition) is 4. The minimum absolute atomic E-state index is 0.201. The monoisotopic (exact) mass is 316 g/mol. The van der Waals surface area contributed by atoms with Crippen molar-refractivity contribution < 1.29 is 19.1 Å². The predicted molar refractivity (Wildman–Crippen MR) is 84.8 cm³/mol. The lowest BCUT2D eigenvalue weighted by Gasteiger charge is -2.17. The minimum atomic E-state index is -0.738. The summed E-state index contributed by atoms with van der Waals surface area (Å²) < 4.78 is 10.5. The molecule has 2 unspecified atom stereocenters. The summed E-state index contributed by atoms with van der Waals surface area (Å²) in [7, 11) is 0. The number of furan rings is 1. The second-order valence-electron chi connectivity index (χ2n) is 5.74. The van der Waals surface area contributed by atoms with E-state index in [-0.39, 0.29) is 12.1 Å². The summed E-state index contributed by atoms with van der Waals surface area (Å²) in [5, 5.41) is 15.6. The Kier molecular flexibility index (Phi) is 4.64. The Labute approximate surface area is 134 Å². The highest BCUT2D eigenvalue weighted by atomic mass is 16.5. The Morgan fingerprint density at radius 3 is 2.91 bits per heavy atom. The molecule has 1 aliphatic heterocycles. The molecular formula is C17H20N2O4. The average Bonchev–Trinajstić information content (AvgIpc) is 3.17. The van der Waals surface area contributed by atoms with Crippen molar-refractivity contribution in [2.24, 2.45) is 0 Å². The fraction of sp³-hybridized carbons (Fsp3) is 0.353. The van der Waals surface area contributed by atoms with Crippen LogP contribution in [0, 0.1) is 0 Å². The molecule has 1 aromatic heterocycles. The van der Waals surface area contributed by atoms with Crippen molar-refractivity contribution in [3.8, 4) is 0 Å². The van der Waals surface area contributed by atoms with Crippen LogP contribution in [0.15, 0.2) is 41.0 Å². The van der Waals surface area contributed by atoms with Gasteiger partial charge in [-0.05, 0) is 42.3 Å². The van der Waals surface area contributed by atoms with E-state index in [1.165, 1.54) is 6.26 Å². The van der Waals surface area contributed by atoms with Crippen molar-refractivity contribution in [3.05, 3.63) is 53.5 Å². The SMILES string of the molecule is CC(CC(O)c1ccco1)NC(=O)Nc1ccc2c(c1)COC2. The first-order valence-electron chi connectivity index (χ1n) is 7.60. The van der Waals surface area contributed by atoms with Crippen molar-refractivity contribution in [2.75, 3.05) is 5.32 Å². The summed E-state index contributed by atoms with van der Waals surface area (Å²) in [5.74, 6) is 0.498. The second-order valence-corrected chi connectivity index (χ2v) is 5.74. The first-order chi connectivity index (χ1) is 11.1. The first-order valence-corrected chi connectivity index (χ1v) is 7.60. The van der Waals surface area contributed by atoms with Crippen LogP contribution >= 0.6 is 0 Å². The largest absolute Gasteiger partial charge is 0.467 e. The maximum Gasteiger partial charge on any atom is 0.319 e. The van der Waals surface area contributed by atoms with Gasteiger partial charge in [0.25, 0.3) is 0 Å². The molecule has 0 fully saturated rings. The molecule has 2 heterocycles. The number of fused-ring (bicyclic) bond motifs is 1. The molecule has 6 heteroatoms. The number of ether oxygens (including phenoxy) is 1. The van der Waals surface area contributed by atoms with E-state index in [0.717, 1.165) is 16.8 Å². The summed E-state index contributed by atoms with van der Waals surface area (Å²) in [6.07, 6.45) is 1.15. The average molecular weight is 316 g/mol. The van der Waals surface area contributed by atoms with Gasteiger partial charge >= 0.3 is 6.03 Å². The second kappa shape index (κ2) is 6.85. The lowest BCUT2D eigenvalue weighted by molar-refractivity contribution is 0.130. The van der Waals surface area contributed by atoms with Crippen LogP contribution in [-0.2, 0) is 18.0 Å². The van der Waals surface area contributed by atoms with E-state index in [2.05, 4.69) is 10.6 Å². The molecule has 1 aromatic carbocycles. The molecular weight excluding hydrogens is 296 g/mol. The molecule has 0 aliphatic carbocycles. The highest BCUT2D eigenvalue weighted by Crippen LogP contribution is 2.23. The molecule has 2 amide bonds. The van der Waals surface area contributed by atoms with Gasteiger partial charge in [0.15, 0.2) is 0 Å². The van der Waals surface area contributed by atoms with E-state index < -0.39 is 6.10 Å². The van der Waals surface area contributed by atoms with Gasteiger partial charge < -0.3 is 24.9 Å². The molecule has 2 atom stereocenters. The van der Waals surface area contributed by atoms with Crippen LogP contribution in [0.4, 0.5) is 10.5 Å². The van der Waals surface area contributed by atoms with Crippen LogP contribution in [0.5, 0.6) is 0 Å². The number of nitrogens with one attached hydrogen (secondary N) is 2. The predicted octanol–water partition coefficient (Wildman–Crippen LogP) is 2.94. The Bertz CT molecular complexity index is 669. The summed E-state index contributed by atoms with van der Waals surface area (Å²) in [4.78, 5) is 12.0. The zero-order valence-electron chi connectivity index (χ0n) is 12.9. The lowest BCUT2D eigenvalue weighted by Crippen LogP contribution is -2.37. The number of hydrogen-bond donors (Lipinski definition) is 3. The Hall–Kier alpha value is -2.31. The van der Waals surface area contributed by atoms with E-state index in [9.17, 15) is 9.90 Å². The van der Waals surface area contributed by atoms with Crippen LogP contribution in [0.1, 0.15) is 36.3 Å². The minimum Gasteiger partial charge on any atom is -0.467 e. The quantitative estimate of drug-likeness (QED) is 0.792. The molecule has 3 N–H and O–H groups in total. The number of urea groups is 1. The van der Waals surface area contributed by atoms with Crippen molar-refractivity contribution in [2.45, 2.75) is 38.7 Å². The summed E-state index contributed by atoms with van der Waals surface area (Å²) in [6.45, 7) is 3.05. The highest BCUT2D eigenvalue weighted by Gasteiger charge is 2.17. The van der Waals surface area contributed by atoms with Gasteiger partial charge in [0, 0.05) is 18.2 Å². The number of aliphatic hydroxyl groups excluding tert-OH is 1. The van der Waals surface area contributed by atoms with Gasteiger partial charge in [0.1, 0.15) is 11.9 Å². The third-order valence-electron chi connectivity index (χ3n) is 3.81. The molecule has 0 saturated heterocycles. The third kappa shape index (κ3) is 3.91. The van der Waals surface area contributed by atoms with Crippen molar-refractivity contribution >= 4 is 11.7 Å². The Morgan fingerprint density at radius 2 is 2.13 bits per heavy atom. The molecule has 23 heavy (non-hydrogen) atoms. The smallest absolute Gasteiger partial charge is 0.319 e. The van der Waals surface area contributed by atoms with Crippen LogP contribution in [0.2, 0.25) is 0 Å². The molecule has 1 aliphatic rings. The van der Waals surface area contributed by atoms with Crippen LogP contribution in [0.25, 0.3) is 0 Å². The third-order valence-corrected chi connectivity index (χ3v) is 3.81. The van der Waals surface area contributed by atoms with Gasteiger partial charge in [-0.3, -0.25) is 0 Å². The number of aliphatic hydroxyl groups is 1. The molecule has 0 saturated carbocycles. The molecule has 0 radical (unpaired) electrons. The number of carbonyl (C=O) groups excluding carboxylic acids is 1. The van der Waals surface area contributed by atoms with Gasteiger partial charge in [-0.25, -0.2) is 4.79 Å². The van der Waals surface area contributed by atoms with E-state index in [1.54, 1.807) is 12.1 Å². The van der Waals surface area contributed by atoms with E-state index >= 15 is 0 Å². The van der Waals surface area contributed by atoms with Gasteiger partial charge in [0.05, 0.1) is 19.5 Å². The molecule has 6 nitrogen and oxygen atoms in total. The summed E-state index contributed by atoms with van der Waals surface area (Å²) in [5.41, 5.74) is 2.99. The molecule has 122 valence electrons. The van der Waals surface area contributed by atoms with Crippen LogP contribution in [0.3, 0.4) is 0 Å².